The minimum atomic E-state index is -0.557. The number of hydrogen-bond acceptors (Lipinski definition) is 5. The van der Waals surface area contributed by atoms with Crippen molar-refractivity contribution in [1.82, 2.24) is 5.32 Å². The summed E-state index contributed by atoms with van der Waals surface area (Å²) in [6.07, 6.45) is 0.660. The van der Waals surface area contributed by atoms with E-state index in [9.17, 15) is 9.59 Å². The van der Waals surface area contributed by atoms with E-state index in [1.165, 1.54) is 11.3 Å². The SMILES string of the molecule is Cc1cc(Br)cc(Br)c1OCC(=O)NC(=S)Nc1sc(Cc2ccccc2)c(C)c1C(N)=O. The number of nitrogens with two attached hydrogens (primary N) is 1. The zero-order valence-corrected chi connectivity index (χ0v) is 22.6. The summed E-state index contributed by atoms with van der Waals surface area (Å²) in [5.41, 5.74) is 8.77. The van der Waals surface area contributed by atoms with Gasteiger partial charge in [0.25, 0.3) is 11.8 Å². The highest BCUT2D eigenvalue weighted by Crippen LogP contribution is 2.34. The van der Waals surface area contributed by atoms with Gasteiger partial charge in [-0.05, 0) is 70.8 Å². The van der Waals surface area contributed by atoms with Gasteiger partial charge in [0.1, 0.15) is 10.8 Å². The average molecular weight is 611 g/mol. The number of ether oxygens (including phenoxy) is 1. The normalized spacial score (nSPS) is 10.5. The van der Waals surface area contributed by atoms with E-state index in [-0.39, 0.29) is 11.7 Å². The maximum absolute atomic E-state index is 12.4. The molecule has 6 nitrogen and oxygen atoms in total. The van der Waals surface area contributed by atoms with Crippen LogP contribution in [0.1, 0.15) is 31.9 Å². The number of thiocarbonyl (C=S) groups is 1. The van der Waals surface area contributed by atoms with Crippen molar-refractivity contribution in [2.24, 2.45) is 5.73 Å². The van der Waals surface area contributed by atoms with Gasteiger partial charge >= 0.3 is 0 Å². The highest BCUT2D eigenvalue weighted by atomic mass is 79.9. The smallest absolute Gasteiger partial charge is 0.264 e. The molecule has 1 aromatic heterocycles. The second-order valence-electron chi connectivity index (χ2n) is 7.21. The molecule has 0 saturated carbocycles. The Labute approximate surface area is 218 Å². The molecule has 0 aliphatic carbocycles. The van der Waals surface area contributed by atoms with E-state index in [0.717, 1.165) is 30.5 Å². The van der Waals surface area contributed by atoms with Crippen LogP contribution < -0.4 is 21.1 Å². The fourth-order valence-corrected chi connectivity index (χ4v) is 6.28. The van der Waals surface area contributed by atoms with Gasteiger partial charge in [-0.1, -0.05) is 46.3 Å². The number of carbonyl (C=O) groups excluding carboxylic acids is 2. The van der Waals surface area contributed by atoms with Crippen LogP contribution in [-0.4, -0.2) is 23.5 Å². The first kappa shape index (κ1) is 25.4. The molecule has 0 spiro atoms. The van der Waals surface area contributed by atoms with Gasteiger partial charge in [0.15, 0.2) is 11.7 Å². The van der Waals surface area contributed by atoms with Crippen LogP contribution >= 0.6 is 55.4 Å². The van der Waals surface area contributed by atoms with Gasteiger partial charge in [-0.3, -0.25) is 14.9 Å². The third-order valence-electron chi connectivity index (χ3n) is 4.72. The number of halogens is 2. The first-order valence-electron chi connectivity index (χ1n) is 9.81. The maximum atomic E-state index is 12.4. The molecule has 0 aliphatic rings. The van der Waals surface area contributed by atoms with Gasteiger partial charge in [0.2, 0.25) is 0 Å². The molecule has 2 amide bonds. The van der Waals surface area contributed by atoms with E-state index in [2.05, 4.69) is 42.5 Å². The number of thiophene rings is 1. The van der Waals surface area contributed by atoms with Gasteiger partial charge < -0.3 is 15.8 Å². The van der Waals surface area contributed by atoms with E-state index >= 15 is 0 Å². The molecule has 0 bridgehead atoms. The van der Waals surface area contributed by atoms with E-state index in [1.54, 1.807) is 0 Å². The number of rotatable bonds is 7. The fourth-order valence-electron chi connectivity index (χ4n) is 3.20. The largest absolute Gasteiger partial charge is 0.482 e. The Morgan fingerprint density at radius 3 is 2.48 bits per heavy atom. The summed E-state index contributed by atoms with van der Waals surface area (Å²) < 4.78 is 7.28. The molecule has 0 fully saturated rings. The van der Waals surface area contributed by atoms with Crippen molar-refractivity contribution in [3.05, 3.63) is 78.5 Å². The van der Waals surface area contributed by atoms with Crippen molar-refractivity contribution in [2.45, 2.75) is 20.3 Å². The number of amides is 2. The molecule has 33 heavy (non-hydrogen) atoms. The topological polar surface area (TPSA) is 93.4 Å². The minimum Gasteiger partial charge on any atom is -0.482 e. The van der Waals surface area contributed by atoms with Crippen molar-refractivity contribution >= 4 is 77.3 Å². The van der Waals surface area contributed by atoms with Gasteiger partial charge in [-0.2, -0.15) is 0 Å². The highest BCUT2D eigenvalue weighted by Gasteiger charge is 2.21. The Bertz CT molecular complexity index is 1190. The molecule has 1 heterocycles. The zero-order valence-electron chi connectivity index (χ0n) is 17.8. The summed E-state index contributed by atoms with van der Waals surface area (Å²) in [6.45, 7) is 3.51. The molecule has 0 atom stereocenters. The number of benzene rings is 2. The number of nitrogens with one attached hydrogen (secondary N) is 2. The highest BCUT2D eigenvalue weighted by molar-refractivity contribution is 9.11. The maximum Gasteiger partial charge on any atom is 0.264 e. The van der Waals surface area contributed by atoms with Gasteiger partial charge in [-0.25, -0.2) is 0 Å². The third-order valence-corrected chi connectivity index (χ3v) is 7.18. The summed E-state index contributed by atoms with van der Waals surface area (Å²) in [5.74, 6) is -0.415. The molecule has 0 radical (unpaired) electrons. The Balaban J connectivity index is 1.66. The van der Waals surface area contributed by atoms with Crippen LogP contribution in [0.5, 0.6) is 5.75 Å². The molecule has 10 heteroatoms. The van der Waals surface area contributed by atoms with Crippen LogP contribution in [-0.2, 0) is 11.2 Å². The van der Waals surface area contributed by atoms with Gasteiger partial charge in [0, 0.05) is 15.8 Å². The van der Waals surface area contributed by atoms with Crippen molar-refractivity contribution < 1.29 is 14.3 Å². The second-order valence-corrected chi connectivity index (χ2v) is 10.5. The lowest BCUT2D eigenvalue weighted by atomic mass is 10.1. The van der Waals surface area contributed by atoms with Crippen LogP contribution in [0.15, 0.2) is 51.4 Å². The molecule has 3 aromatic rings. The quantitative estimate of drug-likeness (QED) is 0.308. The summed E-state index contributed by atoms with van der Waals surface area (Å²) in [5, 5.41) is 6.09. The molecular weight excluding hydrogens is 590 g/mol. The van der Waals surface area contributed by atoms with E-state index in [1.807, 2.05) is 56.3 Å². The van der Waals surface area contributed by atoms with Crippen LogP contribution in [0, 0.1) is 13.8 Å². The molecule has 172 valence electrons. The molecule has 3 rings (SSSR count). The predicted octanol–water partition coefficient (Wildman–Crippen LogP) is 5.47. The molecular formula is C23H21Br2N3O3S2. The Hall–Kier alpha value is -2.27. The number of primary amides is 1. The van der Waals surface area contributed by atoms with Crippen LogP contribution in [0.3, 0.4) is 0 Å². The third kappa shape index (κ3) is 6.63. The number of anilines is 1. The minimum absolute atomic E-state index is 0.0604. The summed E-state index contributed by atoms with van der Waals surface area (Å²) in [7, 11) is 0. The van der Waals surface area contributed by atoms with Gasteiger partial charge in [-0.15, -0.1) is 11.3 Å². The summed E-state index contributed by atoms with van der Waals surface area (Å²) >= 11 is 13.5. The molecule has 0 saturated heterocycles. The van der Waals surface area contributed by atoms with Crippen molar-refractivity contribution in [1.29, 1.82) is 0 Å². The lowest BCUT2D eigenvalue weighted by Crippen LogP contribution is -2.37. The number of hydrogen-bond donors (Lipinski definition) is 3. The van der Waals surface area contributed by atoms with E-state index in [4.69, 9.17) is 22.7 Å². The van der Waals surface area contributed by atoms with Crippen LogP contribution in [0.25, 0.3) is 0 Å². The first-order chi connectivity index (χ1) is 15.7. The molecule has 0 unspecified atom stereocenters. The number of carbonyl (C=O) groups is 2. The summed E-state index contributed by atoms with van der Waals surface area (Å²) in [6, 6.07) is 13.7. The van der Waals surface area contributed by atoms with E-state index in [0.29, 0.717) is 22.7 Å². The lowest BCUT2D eigenvalue weighted by molar-refractivity contribution is -0.121. The second kappa shape index (κ2) is 11.2. The number of aryl methyl sites for hydroxylation is 1. The van der Waals surface area contributed by atoms with E-state index < -0.39 is 11.8 Å². The van der Waals surface area contributed by atoms with Gasteiger partial charge in [0.05, 0.1) is 10.0 Å². The van der Waals surface area contributed by atoms with Crippen molar-refractivity contribution in [2.75, 3.05) is 11.9 Å². The van der Waals surface area contributed by atoms with Crippen LogP contribution in [0.2, 0.25) is 0 Å². The lowest BCUT2D eigenvalue weighted by Gasteiger charge is -2.13. The molecule has 2 aromatic carbocycles. The summed E-state index contributed by atoms with van der Waals surface area (Å²) in [4.78, 5) is 25.4. The first-order valence-corrected chi connectivity index (χ1v) is 12.6. The Kier molecular flexibility index (Phi) is 8.63. The van der Waals surface area contributed by atoms with Crippen LogP contribution in [0.4, 0.5) is 5.00 Å². The Morgan fingerprint density at radius 2 is 1.85 bits per heavy atom. The molecule has 0 aliphatic heterocycles. The monoisotopic (exact) mass is 609 g/mol. The zero-order chi connectivity index (χ0) is 24.1. The Morgan fingerprint density at radius 1 is 1.15 bits per heavy atom. The standard InChI is InChI=1S/C23H21Br2N3O3S2/c1-12-8-15(24)10-16(25)20(12)31-11-18(29)27-23(32)28-22-19(21(26)30)13(2)17(33-22)9-14-6-4-3-5-7-14/h3-8,10H,9,11H2,1-2H3,(H2,26,30)(H2,27,28,29,32). The molecule has 4 N–H and O–H groups in total. The fraction of sp³-hybridized carbons (Fsp3) is 0.174. The van der Waals surface area contributed by atoms with Crippen molar-refractivity contribution in [3.8, 4) is 5.75 Å². The van der Waals surface area contributed by atoms with Crippen molar-refractivity contribution in [3.63, 3.8) is 0 Å². The average Bonchev–Trinajstić information content (AvgIpc) is 3.02. The predicted molar refractivity (Wildman–Crippen MR) is 143 cm³/mol.